The molecular formula is C27H29Cl2N3O3S. The van der Waals surface area contributed by atoms with Crippen molar-refractivity contribution in [3.63, 3.8) is 0 Å². The molecule has 3 aromatic carbocycles. The molecule has 1 N–H and O–H groups in total. The zero-order chi connectivity index (χ0) is 25.7. The third-order valence-corrected chi connectivity index (χ3v) is 8.55. The van der Waals surface area contributed by atoms with Crippen molar-refractivity contribution < 1.29 is 13.2 Å². The molecule has 4 rings (SSSR count). The summed E-state index contributed by atoms with van der Waals surface area (Å²) in [6.45, 7) is 3.60. The fraction of sp³-hybridized carbons (Fsp3) is 0.296. The van der Waals surface area contributed by atoms with Gasteiger partial charge in [-0.2, -0.15) is 0 Å². The van der Waals surface area contributed by atoms with Crippen molar-refractivity contribution in [2.24, 2.45) is 0 Å². The molecule has 9 heteroatoms. The normalized spacial score (nSPS) is 14.8. The van der Waals surface area contributed by atoms with E-state index >= 15 is 0 Å². The lowest BCUT2D eigenvalue weighted by molar-refractivity contribution is -0.120. The van der Waals surface area contributed by atoms with Crippen LogP contribution in [0, 0.1) is 0 Å². The molecular weight excluding hydrogens is 517 g/mol. The minimum absolute atomic E-state index is 0.0287. The quantitative estimate of drug-likeness (QED) is 0.373. The molecule has 36 heavy (non-hydrogen) atoms. The van der Waals surface area contributed by atoms with Gasteiger partial charge in [0.15, 0.2) is 0 Å². The number of sulfonamides is 1. The average Bonchev–Trinajstić information content (AvgIpc) is 2.88. The lowest BCUT2D eigenvalue weighted by Crippen LogP contribution is -2.41. The smallest absolute Gasteiger partial charge is 0.264 e. The van der Waals surface area contributed by atoms with Gasteiger partial charge in [-0.15, -0.1) is 0 Å². The monoisotopic (exact) mass is 545 g/mol. The third-order valence-electron chi connectivity index (χ3n) is 6.28. The molecule has 0 saturated carbocycles. The first kappa shape index (κ1) is 26.3. The van der Waals surface area contributed by atoms with Crippen molar-refractivity contribution >= 4 is 50.5 Å². The van der Waals surface area contributed by atoms with Crippen molar-refractivity contribution in [1.29, 1.82) is 0 Å². The zero-order valence-electron chi connectivity index (χ0n) is 20.0. The van der Waals surface area contributed by atoms with Crippen LogP contribution >= 0.6 is 23.2 Å². The number of nitrogens with zero attached hydrogens (tertiary/aromatic N) is 2. The Balaban J connectivity index is 1.51. The van der Waals surface area contributed by atoms with Crippen molar-refractivity contribution in [3.8, 4) is 0 Å². The molecule has 1 aliphatic rings. The van der Waals surface area contributed by atoms with Gasteiger partial charge in [0.25, 0.3) is 10.0 Å². The number of carbonyl (C=O) groups is 1. The van der Waals surface area contributed by atoms with Gasteiger partial charge >= 0.3 is 0 Å². The second-order valence-electron chi connectivity index (χ2n) is 8.87. The number of anilines is 2. The zero-order valence-corrected chi connectivity index (χ0v) is 22.4. The van der Waals surface area contributed by atoms with Crippen molar-refractivity contribution in [1.82, 2.24) is 5.32 Å². The Bertz CT molecular complexity index is 1290. The van der Waals surface area contributed by atoms with Gasteiger partial charge in [0.05, 0.1) is 16.6 Å². The van der Waals surface area contributed by atoms with E-state index in [1.165, 1.54) is 55.3 Å². The second kappa shape index (κ2) is 11.5. The number of rotatable bonds is 8. The third kappa shape index (κ3) is 6.33. The van der Waals surface area contributed by atoms with Crippen LogP contribution in [0.15, 0.2) is 77.7 Å². The Morgan fingerprint density at radius 1 is 0.944 bits per heavy atom. The molecule has 0 radical (unpaired) electrons. The van der Waals surface area contributed by atoms with Crippen LogP contribution in [0.25, 0.3) is 0 Å². The molecule has 1 heterocycles. The highest BCUT2D eigenvalue weighted by Gasteiger charge is 2.28. The summed E-state index contributed by atoms with van der Waals surface area (Å²) in [5.41, 5.74) is 2.42. The van der Waals surface area contributed by atoms with Crippen molar-refractivity contribution in [3.05, 3.63) is 88.4 Å². The highest BCUT2D eigenvalue weighted by molar-refractivity contribution is 7.92. The topological polar surface area (TPSA) is 69.7 Å². The van der Waals surface area contributed by atoms with Crippen LogP contribution in [-0.2, 0) is 14.8 Å². The lowest BCUT2D eigenvalue weighted by Gasteiger charge is -2.29. The number of hydrogen-bond acceptors (Lipinski definition) is 4. The standard InChI is InChI=1S/C27H29Cl2N3O3S/c1-20(21-8-12-24(13-9-21)31-16-3-2-4-17-31)30-27(33)19-32(25-7-5-6-23(29)18-25)36(34,35)26-14-10-22(28)11-15-26/h5-15,18,20H,2-4,16-17,19H2,1H3,(H,30,33). The Hall–Kier alpha value is -2.74. The largest absolute Gasteiger partial charge is 0.372 e. The van der Waals surface area contributed by atoms with E-state index in [0.29, 0.717) is 15.7 Å². The van der Waals surface area contributed by atoms with E-state index in [0.717, 1.165) is 23.0 Å². The summed E-state index contributed by atoms with van der Waals surface area (Å²) >= 11 is 12.1. The maximum atomic E-state index is 13.5. The van der Waals surface area contributed by atoms with Gasteiger partial charge in [-0.25, -0.2) is 8.42 Å². The summed E-state index contributed by atoms with van der Waals surface area (Å²) in [6.07, 6.45) is 3.68. The molecule has 0 aromatic heterocycles. The van der Waals surface area contributed by atoms with E-state index < -0.39 is 22.5 Å². The lowest BCUT2D eigenvalue weighted by atomic mass is 10.1. The van der Waals surface area contributed by atoms with Crippen LogP contribution in [0.4, 0.5) is 11.4 Å². The van der Waals surface area contributed by atoms with Gasteiger partial charge in [-0.3, -0.25) is 9.10 Å². The summed E-state index contributed by atoms with van der Waals surface area (Å²) in [7, 11) is -4.05. The molecule has 1 saturated heterocycles. The molecule has 0 spiro atoms. The summed E-state index contributed by atoms with van der Waals surface area (Å²) in [5, 5.41) is 3.71. The maximum Gasteiger partial charge on any atom is 0.264 e. The minimum atomic E-state index is -4.05. The average molecular weight is 547 g/mol. The van der Waals surface area contributed by atoms with Crippen LogP contribution in [0.5, 0.6) is 0 Å². The van der Waals surface area contributed by atoms with Crippen LogP contribution < -0.4 is 14.5 Å². The number of benzene rings is 3. The molecule has 190 valence electrons. The van der Waals surface area contributed by atoms with E-state index in [2.05, 4.69) is 22.3 Å². The predicted molar refractivity (Wildman–Crippen MR) is 146 cm³/mol. The second-order valence-corrected chi connectivity index (χ2v) is 11.6. The molecule has 0 bridgehead atoms. The molecule has 6 nitrogen and oxygen atoms in total. The Labute approximate surface area is 222 Å². The van der Waals surface area contributed by atoms with Crippen molar-refractivity contribution in [2.45, 2.75) is 37.1 Å². The van der Waals surface area contributed by atoms with E-state index in [9.17, 15) is 13.2 Å². The first-order chi connectivity index (χ1) is 17.2. The van der Waals surface area contributed by atoms with Crippen LogP contribution in [0.1, 0.15) is 37.8 Å². The fourth-order valence-corrected chi connectivity index (χ4v) is 6.03. The Morgan fingerprint density at radius 2 is 1.61 bits per heavy atom. The van der Waals surface area contributed by atoms with Gasteiger partial charge < -0.3 is 10.2 Å². The Morgan fingerprint density at radius 3 is 2.25 bits per heavy atom. The summed E-state index contributed by atoms with van der Waals surface area (Å²) in [4.78, 5) is 15.5. The van der Waals surface area contributed by atoms with E-state index in [4.69, 9.17) is 23.2 Å². The molecule has 0 aliphatic carbocycles. The van der Waals surface area contributed by atoms with Gasteiger partial charge in [0.1, 0.15) is 6.54 Å². The van der Waals surface area contributed by atoms with E-state index in [-0.39, 0.29) is 10.9 Å². The molecule has 1 unspecified atom stereocenters. The van der Waals surface area contributed by atoms with Gasteiger partial charge in [0, 0.05) is 28.8 Å². The van der Waals surface area contributed by atoms with Crippen LogP contribution in [0.3, 0.4) is 0 Å². The fourth-order valence-electron chi connectivity index (χ4n) is 4.31. The maximum absolute atomic E-state index is 13.5. The number of carbonyl (C=O) groups excluding carboxylic acids is 1. The van der Waals surface area contributed by atoms with E-state index in [1.54, 1.807) is 18.2 Å². The highest BCUT2D eigenvalue weighted by atomic mass is 35.5. The highest BCUT2D eigenvalue weighted by Crippen LogP contribution is 2.27. The van der Waals surface area contributed by atoms with E-state index in [1.807, 2.05) is 19.1 Å². The Kier molecular flexibility index (Phi) is 8.44. The first-order valence-electron chi connectivity index (χ1n) is 11.9. The summed E-state index contributed by atoms with van der Waals surface area (Å²) in [6, 6.07) is 20.1. The van der Waals surface area contributed by atoms with Crippen LogP contribution in [0.2, 0.25) is 10.0 Å². The molecule has 1 aliphatic heterocycles. The molecule has 1 fully saturated rings. The van der Waals surface area contributed by atoms with Gasteiger partial charge in [-0.05, 0) is 86.3 Å². The number of amides is 1. The van der Waals surface area contributed by atoms with Crippen molar-refractivity contribution in [2.75, 3.05) is 28.8 Å². The molecule has 1 atom stereocenters. The minimum Gasteiger partial charge on any atom is -0.372 e. The number of halogens is 2. The number of hydrogen-bond donors (Lipinski definition) is 1. The number of nitrogens with one attached hydrogen (secondary N) is 1. The summed E-state index contributed by atoms with van der Waals surface area (Å²) in [5.74, 6) is -0.430. The van der Waals surface area contributed by atoms with Gasteiger partial charge in [-0.1, -0.05) is 41.4 Å². The number of piperidine rings is 1. The SMILES string of the molecule is CC(NC(=O)CN(c1cccc(Cl)c1)S(=O)(=O)c1ccc(Cl)cc1)c1ccc(N2CCCCC2)cc1. The predicted octanol–water partition coefficient (Wildman–Crippen LogP) is 6.06. The molecule has 3 aromatic rings. The first-order valence-corrected chi connectivity index (χ1v) is 14.1. The van der Waals surface area contributed by atoms with Gasteiger partial charge in [0.2, 0.25) is 5.91 Å². The summed E-state index contributed by atoms with van der Waals surface area (Å²) < 4.78 is 28.0. The van der Waals surface area contributed by atoms with Crippen LogP contribution in [-0.4, -0.2) is 34.0 Å². The molecule has 1 amide bonds.